The molecule has 114 valence electrons. The predicted octanol–water partition coefficient (Wildman–Crippen LogP) is 2.35. The fraction of sp³-hybridized carbons (Fsp3) is 0.429. The molecule has 2 aliphatic heterocycles. The highest BCUT2D eigenvalue weighted by Gasteiger charge is 2.52. The SMILES string of the molecule is FC(F)(F)C1NNC2/C(=C/c3ccc(Cl)cc3)CNCC21. The minimum absolute atomic E-state index is 0.312. The van der Waals surface area contributed by atoms with Gasteiger partial charge in [-0.25, -0.2) is 10.9 Å². The van der Waals surface area contributed by atoms with Crippen LogP contribution in [0.25, 0.3) is 6.08 Å². The second-order valence-corrected chi connectivity index (χ2v) is 5.79. The normalized spacial score (nSPS) is 31.4. The average molecular weight is 318 g/mol. The highest BCUT2D eigenvalue weighted by atomic mass is 35.5. The molecule has 0 saturated carbocycles. The van der Waals surface area contributed by atoms with Gasteiger partial charge in [-0.2, -0.15) is 13.2 Å². The van der Waals surface area contributed by atoms with Crippen LogP contribution in [-0.2, 0) is 0 Å². The maximum Gasteiger partial charge on any atom is 0.405 e. The van der Waals surface area contributed by atoms with Crippen LogP contribution < -0.4 is 16.2 Å². The topological polar surface area (TPSA) is 36.1 Å². The Kier molecular flexibility index (Phi) is 3.96. The van der Waals surface area contributed by atoms with Crippen molar-refractivity contribution >= 4 is 17.7 Å². The number of hydrogen-bond acceptors (Lipinski definition) is 3. The van der Waals surface area contributed by atoms with Gasteiger partial charge in [0.15, 0.2) is 0 Å². The summed E-state index contributed by atoms with van der Waals surface area (Å²) < 4.78 is 38.9. The van der Waals surface area contributed by atoms with Crippen LogP contribution in [0.2, 0.25) is 5.02 Å². The minimum atomic E-state index is -4.25. The van der Waals surface area contributed by atoms with Crippen molar-refractivity contribution in [3.8, 4) is 0 Å². The number of halogens is 4. The van der Waals surface area contributed by atoms with E-state index in [2.05, 4.69) is 16.2 Å². The molecule has 21 heavy (non-hydrogen) atoms. The summed E-state index contributed by atoms with van der Waals surface area (Å²) >= 11 is 5.83. The molecule has 7 heteroatoms. The molecule has 1 aromatic rings. The number of fused-ring (bicyclic) bond motifs is 1. The number of rotatable bonds is 1. The Labute approximate surface area is 125 Å². The van der Waals surface area contributed by atoms with E-state index in [-0.39, 0.29) is 6.04 Å². The Morgan fingerprint density at radius 1 is 1.14 bits per heavy atom. The van der Waals surface area contributed by atoms with E-state index >= 15 is 0 Å². The highest BCUT2D eigenvalue weighted by Crippen LogP contribution is 2.34. The lowest BCUT2D eigenvalue weighted by atomic mass is 9.85. The van der Waals surface area contributed by atoms with Crippen molar-refractivity contribution in [3.63, 3.8) is 0 Å². The van der Waals surface area contributed by atoms with Crippen LogP contribution >= 0.6 is 11.6 Å². The van der Waals surface area contributed by atoms with E-state index < -0.39 is 18.1 Å². The van der Waals surface area contributed by atoms with Crippen LogP contribution in [0.15, 0.2) is 29.8 Å². The smallest absolute Gasteiger partial charge is 0.313 e. The second kappa shape index (κ2) is 5.61. The maximum absolute atomic E-state index is 13.0. The summed E-state index contributed by atoms with van der Waals surface area (Å²) in [5, 5.41) is 3.70. The molecule has 3 unspecified atom stereocenters. The Bertz CT molecular complexity index is 541. The van der Waals surface area contributed by atoms with Crippen LogP contribution in [0.4, 0.5) is 13.2 Å². The first-order valence-electron chi connectivity index (χ1n) is 6.69. The zero-order chi connectivity index (χ0) is 15.0. The maximum atomic E-state index is 13.0. The number of alkyl halides is 3. The Morgan fingerprint density at radius 2 is 1.86 bits per heavy atom. The fourth-order valence-electron chi connectivity index (χ4n) is 2.92. The summed E-state index contributed by atoms with van der Waals surface area (Å²) in [4.78, 5) is 0. The molecule has 2 heterocycles. The van der Waals surface area contributed by atoms with Crippen LogP contribution in [0.5, 0.6) is 0 Å². The van der Waals surface area contributed by atoms with E-state index in [1.54, 1.807) is 12.1 Å². The lowest BCUT2D eigenvalue weighted by molar-refractivity contribution is -0.161. The van der Waals surface area contributed by atoms with E-state index in [9.17, 15) is 13.2 Å². The van der Waals surface area contributed by atoms with Crippen LogP contribution in [0, 0.1) is 5.92 Å². The van der Waals surface area contributed by atoms with Crippen LogP contribution in [-0.4, -0.2) is 31.3 Å². The number of hydrogen-bond donors (Lipinski definition) is 3. The monoisotopic (exact) mass is 317 g/mol. The van der Waals surface area contributed by atoms with E-state index in [0.29, 0.717) is 18.1 Å². The van der Waals surface area contributed by atoms with Crippen LogP contribution in [0.3, 0.4) is 0 Å². The molecule has 3 atom stereocenters. The van der Waals surface area contributed by atoms with Gasteiger partial charge < -0.3 is 5.32 Å². The summed E-state index contributed by atoms with van der Waals surface area (Å²) in [7, 11) is 0. The quantitative estimate of drug-likeness (QED) is 0.744. The molecule has 0 spiro atoms. The molecule has 2 aliphatic rings. The summed E-state index contributed by atoms with van der Waals surface area (Å²) in [5.74, 6) is -0.544. The fourth-order valence-corrected chi connectivity index (χ4v) is 3.05. The highest BCUT2D eigenvalue weighted by molar-refractivity contribution is 6.30. The van der Waals surface area contributed by atoms with E-state index in [1.807, 2.05) is 18.2 Å². The molecular formula is C14H15ClF3N3. The van der Waals surface area contributed by atoms with E-state index in [4.69, 9.17) is 11.6 Å². The van der Waals surface area contributed by atoms with Gasteiger partial charge in [0, 0.05) is 30.1 Å². The van der Waals surface area contributed by atoms with Gasteiger partial charge >= 0.3 is 6.18 Å². The molecule has 0 aliphatic carbocycles. The lowest BCUT2D eigenvalue weighted by Crippen LogP contribution is -2.49. The molecular weight excluding hydrogens is 303 g/mol. The van der Waals surface area contributed by atoms with E-state index in [1.165, 1.54) is 0 Å². The first kappa shape index (κ1) is 14.8. The molecule has 3 N–H and O–H groups in total. The number of piperidine rings is 1. The molecule has 3 rings (SSSR count). The van der Waals surface area contributed by atoms with Crippen molar-refractivity contribution in [2.24, 2.45) is 5.92 Å². The van der Waals surface area contributed by atoms with Gasteiger partial charge in [-0.3, -0.25) is 0 Å². The van der Waals surface area contributed by atoms with Crippen molar-refractivity contribution in [3.05, 3.63) is 40.4 Å². The third kappa shape index (κ3) is 3.08. The van der Waals surface area contributed by atoms with Gasteiger partial charge in [0.2, 0.25) is 0 Å². The molecule has 2 saturated heterocycles. The van der Waals surface area contributed by atoms with Crippen molar-refractivity contribution < 1.29 is 13.2 Å². The lowest BCUT2D eigenvalue weighted by Gasteiger charge is -2.31. The van der Waals surface area contributed by atoms with Gasteiger partial charge in [-0.1, -0.05) is 29.8 Å². The number of nitrogens with one attached hydrogen (secondary N) is 3. The standard InChI is InChI=1S/C14H15ClF3N3/c15-10-3-1-8(2-4-10)5-9-6-19-7-11-12(9)20-21-13(11)14(16,17)18/h1-5,11-13,19-21H,6-7H2/b9-5+. The number of hydrazine groups is 1. The summed E-state index contributed by atoms with van der Waals surface area (Å²) in [6.45, 7) is 0.913. The zero-order valence-corrected chi connectivity index (χ0v) is 11.8. The second-order valence-electron chi connectivity index (χ2n) is 5.35. The van der Waals surface area contributed by atoms with Crippen molar-refractivity contribution in [1.82, 2.24) is 16.2 Å². The first-order valence-corrected chi connectivity index (χ1v) is 7.07. The number of benzene rings is 1. The predicted molar refractivity (Wildman–Crippen MR) is 75.7 cm³/mol. The zero-order valence-electron chi connectivity index (χ0n) is 11.0. The molecule has 2 fully saturated rings. The first-order chi connectivity index (χ1) is 9.95. The van der Waals surface area contributed by atoms with E-state index in [0.717, 1.165) is 11.1 Å². The Balaban J connectivity index is 1.83. The van der Waals surface area contributed by atoms with Crippen molar-refractivity contribution in [1.29, 1.82) is 0 Å². The van der Waals surface area contributed by atoms with Crippen molar-refractivity contribution in [2.75, 3.05) is 13.1 Å². The molecule has 0 amide bonds. The summed E-state index contributed by atoms with van der Waals surface area (Å²) in [6.07, 6.45) is -2.34. The largest absolute Gasteiger partial charge is 0.405 e. The third-order valence-corrected chi connectivity index (χ3v) is 4.19. The summed E-state index contributed by atoms with van der Waals surface area (Å²) in [5.41, 5.74) is 7.01. The van der Waals surface area contributed by atoms with Crippen molar-refractivity contribution in [2.45, 2.75) is 18.3 Å². The van der Waals surface area contributed by atoms with Gasteiger partial charge in [0.25, 0.3) is 0 Å². The molecule has 3 nitrogen and oxygen atoms in total. The Morgan fingerprint density at radius 3 is 2.52 bits per heavy atom. The molecule has 0 bridgehead atoms. The molecule has 0 radical (unpaired) electrons. The Hall–Kier alpha value is -1.08. The van der Waals surface area contributed by atoms with Gasteiger partial charge in [-0.05, 0) is 23.3 Å². The van der Waals surface area contributed by atoms with Gasteiger partial charge in [0.05, 0.1) is 0 Å². The molecule has 0 aromatic heterocycles. The third-order valence-electron chi connectivity index (χ3n) is 3.93. The van der Waals surface area contributed by atoms with Gasteiger partial charge in [-0.15, -0.1) is 0 Å². The van der Waals surface area contributed by atoms with Gasteiger partial charge in [0.1, 0.15) is 6.04 Å². The average Bonchev–Trinajstić information content (AvgIpc) is 2.86. The summed E-state index contributed by atoms with van der Waals surface area (Å²) in [6, 6.07) is 5.39. The van der Waals surface area contributed by atoms with Crippen LogP contribution in [0.1, 0.15) is 5.56 Å². The molecule has 1 aromatic carbocycles. The minimum Gasteiger partial charge on any atom is -0.313 e.